The molecule has 0 saturated carbocycles. The topological polar surface area (TPSA) is 159 Å². The number of imidazole rings is 1. The number of benzene rings is 1. The van der Waals surface area contributed by atoms with Crippen LogP contribution in [0.4, 0.5) is 24.7 Å². The fraction of sp³-hybridized carbons (Fsp3) is 0.308. The molecule has 0 radical (unpaired) electrons. The number of likely N-dealkylation sites (tertiary alicyclic amines) is 1. The average molecular weight is 567 g/mol. The van der Waals surface area contributed by atoms with E-state index in [1.807, 2.05) is 0 Å². The summed E-state index contributed by atoms with van der Waals surface area (Å²) in [5, 5.41) is 18.2. The normalized spacial score (nSPS) is 15.2. The van der Waals surface area contributed by atoms with Crippen LogP contribution in [0, 0.1) is 18.3 Å². The van der Waals surface area contributed by atoms with Gasteiger partial charge in [-0.15, -0.1) is 0 Å². The summed E-state index contributed by atoms with van der Waals surface area (Å²) in [6.07, 6.45) is 1.31. The number of halogens is 3. The van der Waals surface area contributed by atoms with Gasteiger partial charge in [-0.3, -0.25) is 18.7 Å². The first-order chi connectivity index (χ1) is 19.5. The third kappa shape index (κ3) is 5.68. The van der Waals surface area contributed by atoms with E-state index in [0.717, 1.165) is 17.3 Å². The Bertz CT molecular complexity index is 1670. The van der Waals surface area contributed by atoms with Gasteiger partial charge >= 0.3 is 6.18 Å². The Balaban J connectivity index is 1.34. The number of hydrogen-bond donors (Lipinski definition) is 3. The number of nitrogens with one attached hydrogen (secondary N) is 2. The van der Waals surface area contributed by atoms with Crippen LogP contribution >= 0.6 is 0 Å². The van der Waals surface area contributed by atoms with Gasteiger partial charge in [0.1, 0.15) is 6.54 Å². The third-order valence-electron chi connectivity index (χ3n) is 6.68. The number of hydrogen-bond acceptors (Lipinski definition) is 8. The van der Waals surface area contributed by atoms with E-state index in [4.69, 9.17) is 11.0 Å². The first-order valence-electron chi connectivity index (χ1n) is 12.6. The lowest BCUT2D eigenvalue weighted by Gasteiger charge is -2.16. The highest BCUT2D eigenvalue weighted by Crippen LogP contribution is 2.37. The third-order valence-corrected chi connectivity index (χ3v) is 6.68. The summed E-state index contributed by atoms with van der Waals surface area (Å²) < 4.78 is 43.5. The van der Waals surface area contributed by atoms with Gasteiger partial charge < -0.3 is 21.3 Å². The van der Waals surface area contributed by atoms with E-state index in [1.54, 1.807) is 36.1 Å². The fourth-order valence-corrected chi connectivity index (χ4v) is 4.69. The highest BCUT2D eigenvalue weighted by Gasteiger charge is 2.38. The number of anilines is 2. The summed E-state index contributed by atoms with van der Waals surface area (Å²) in [5.41, 5.74) is 6.42. The molecule has 3 aromatic heterocycles. The standard InChI is InChI=1S/C26H25F3N10O2/c1-15-10-17(2-3-18(15)25(41)34-12-21(40)37-7-4-16(31)13-37)35-23-24-33-11-20(39(24)9-6-32-23)19-14-38(8-5-30)36-22(19)26(27,28)29/h2-3,6,9-11,14,16H,4,7-8,12-13,31H2,1H3,(H,32,35)(H,34,41)/t16-/m0/s1. The van der Waals surface area contributed by atoms with Crippen molar-refractivity contribution in [3.05, 3.63) is 59.8 Å². The minimum absolute atomic E-state index is 0.0448. The number of alkyl halides is 3. The monoisotopic (exact) mass is 566 g/mol. The van der Waals surface area contributed by atoms with Crippen LogP contribution in [-0.4, -0.2) is 66.5 Å². The van der Waals surface area contributed by atoms with E-state index in [9.17, 15) is 22.8 Å². The van der Waals surface area contributed by atoms with Crippen LogP contribution in [0.25, 0.3) is 16.9 Å². The minimum Gasteiger partial charge on any atom is -0.343 e. The molecule has 0 bridgehead atoms. The van der Waals surface area contributed by atoms with Gasteiger partial charge in [-0.1, -0.05) is 0 Å². The number of nitrogens with zero attached hydrogens (tertiary/aromatic N) is 7. The first kappa shape index (κ1) is 27.6. The lowest BCUT2D eigenvalue weighted by Crippen LogP contribution is -2.40. The van der Waals surface area contributed by atoms with E-state index in [1.165, 1.54) is 23.0 Å². The summed E-state index contributed by atoms with van der Waals surface area (Å²) in [5.74, 6) is -0.329. The van der Waals surface area contributed by atoms with Gasteiger partial charge in [0.05, 0.1) is 30.1 Å². The Morgan fingerprint density at radius 1 is 1.27 bits per heavy atom. The van der Waals surface area contributed by atoms with E-state index in [0.29, 0.717) is 29.9 Å². The molecule has 15 heteroatoms. The summed E-state index contributed by atoms with van der Waals surface area (Å²) in [7, 11) is 0. The maximum atomic E-state index is 13.7. The van der Waals surface area contributed by atoms with E-state index < -0.39 is 17.8 Å². The van der Waals surface area contributed by atoms with Crippen LogP contribution in [0.5, 0.6) is 0 Å². The van der Waals surface area contributed by atoms with Gasteiger partial charge in [0.15, 0.2) is 17.2 Å². The molecule has 1 aliphatic heterocycles. The van der Waals surface area contributed by atoms with E-state index in [2.05, 4.69) is 25.7 Å². The second-order valence-electron chi connectivity index (χ2n) is 9.58. The van der Waals surface area contributed by atoms with E-state index >= 15 is 0 Å². The van der Waals surface area contributed by atoms with Gasteiger partial charge in [0.25, 0.3) is 5.91 Å². The molecule has 5 rings (SSSR count). The lowest BCUT2D eigenvalue weighted by molar-refractivity contribution is -0.141. The van der Waals surface area contributed by atoms with Crippen LogP contribution in [-0.2, 0) is 17.5 Å². The van der Waals surface area contributed by atoms with Gasteiger partial charge in [0, 0.05) is 49.0 Å². The quantitative estimate of drug-likeness (QED) is 0.308. The molecule has 4 heterocycles. The molecule has 0 spiro atoms. The molecule has 12 nitrogen and oxygen atoms in total. The smallest absolute Gasteiger partial charge is 0.343 e. The van der Waals surface area contributed by atoms with Gasteiger partial charge in [-0.2, -0.15) is 23.5 Å². The molecule has 41 heavy (non-hydrogen) atoms. The summed E-state index contributed by atoms with van der Waals surface area (Å²) in [4.78, 5) is 35.2. The molecule has 1 atom stereocenters. The second-order valence-corrected chi connectivity index (χ2v) is 9.58. The summed E-state index contributed by atoms with van der Waals surface area (Å²) in [6, 6.07) is 6.68. The van der Waals surface area contributed by atoms with Crippen LogP contribution < -0.4 is 16.4 Å². The Labute approximate surface area is 231 Å². The molecule has 1 aromatic carbocycles. The van der Waals surface area contributed by atoms with Gasteiger partial charge in [-0.05, 0) is 37.1 Å². The van der Waals surface area contributed by atoms with Crippen LogP contribution in [0.3, 0.4) is 0 Å². The molecule has 0 aliphatic carbocycles. The number of amides is 2. The number of aromatic nitrogens is 5. The van der Waals surface area contributed by atoms with Crippen molar-refractivity contribution in [3.8, 4) is 17.3 Å². The van der Waals surface area contributed by atoms with Crippen molar-refractivity contribution in [2.75, 3.05) is 25.0 Å². The molecule has 212 valence electrons. The van der Waals surface area contributed by atoms with Crippen molar-refractivity contribution in [3.63, 3.8) is 0 Å². The molecule has 2 amide bonds. The van der Waals surface area contributed by atoms with Gasteiger partial charge in [-0.25, -0.2) is 9.97 Å². The number of aryl methyl sites for hydroxylation is 1. The molecule has 1 aliphatic rings. The molecule has 0 unspecified atom stereocenters. The SMILES string of the molecule is Cc1cc(Nc2nccn3c(-c4cn(CC#N)nc4C(F)(F)F)cnc23)ccc1C(=O)NCC(=O)N1CC[C@H](N)C1. The number of nitriles is 1. The van der Waals surface area contributed by atoms with Crippen molar-refractivity contribution in [1.29, 1.82) is 5.26 Å². The average Bonchev–Trinajstić information content (AvgIpc) is 3.66. The number of carbonyl (C=O) groups is 2. The van der Waals surface area contributed by atoms with Crippen LogP contribution in [0.2, 0.25) is 0 Å². The largest absolute Gasteiger partial charge is 0.435 e. The van der Waals surface area contributed by atoms with Crippen LogP contribution in [0.1, 0.15) is 28.0 Å². The summed E-state index contributed by atoms with van der Waals surface area (Å²) >= 11 is 0. The molecule has 4 N–H and O–H groups in total. The zero-order valence-electron chi connectivity index (χ0n) is 21.8. The Hall–Kier alpha value is -4.97. The van der Waals surface area contributed by atoms with Crippen molar-refractivity contribution < 1.29 is 22.8 Å². The predicted octanol–water partition coefficient (Wildman–Crippen LogP) is 2.48. The van der Waals surface area contributed by atoms with Crippen molar-refractivity contribution >= 4 is 29.0 Å². The Morgan fingerprint density at radius 2 is 2.07 bits per heavy atom. The Kier molecular flexibility index (Phi) is 7.33. The number of carbonyl (C=O) groups excluding carboxylic acids is 2. The maximum absolute atomic E-state index is 13.7. The number of fused-ring (bicyclic) bond motifs is 1. The van der Waals surface area contributed by atoms with E-state index in [-0.39, 0.29) is 47.8 Å². The molecule has 1 fully saturated rings. The van der Waals surface area contributed by atoms with Crippen molar-refractivity contribution in [1.82, 2.24) is 34.4 Å². The highest BCUT2D eigenvalue weighted by molar-refractivity contribution is 5.98. The highest BCUT2D eigenvalue weighted by atomic mass is 19.4. The first-order valence-corrected chi connectivity index (χ1v) is 12.6. The number of rotatable bonds is 7. The minimum atomic E-state index is -4.74. The molecular weight excluding hydrogens is 541 g/mol. The van der Waals surface area contributed by atoms with Gasteiger partial charge in [0.2, 0.25) is 5.91 Å². The zero-order valence-corrected chi connectivity index (χ0v) is 21.8. The summed E-state index contributed by atoms with van der Waals surface area (Å²) in [6.45, 7) is 2.31. The number of nitrogens with two attached hydrogens (primary N) is 1. The molecular formula is C26H25F3N10O2. The second kappa shape index (κ2) is 10.9. The predicted molar refractivity (Wildman–Crippen MR) is 141 cm³/mol. The fourth-order valence-electron chi connectivity index (χ4n) is 4.69. The lowest BCUT2D eigenvalue weighted by atomic mass is 10.1. The molecule has 4 aromatic rings. The zero-order chi connectivity index (χ0) is 29.3. The van der Waals surface area contributed by atoms with Crippen molar-refractivity contribution in [2.24, 2.45) is 5.73 Å². The van der Waals surface area contributed by atoms with Crippen molar-refractivity contribution in [2.45, 2.75) is 32.1 Å². The molecule has 1 saturated heterocycles. The Morgan fingerprint density at radius 3 is 2.76 bits per heavy atom. The maximum Gasteiger partial charge on any atom is 0.435 e. The van der Waals surface area contributed by atoms with Crippen LogP contribution in [0.15, 0.2) is 43.0 Å².